The number of halogens is 1. The Labute approximate surface area is 106 Å². The van der Waals surface area contributed by atoms with Crippen LogP contribution < -0.4 is 4.74 Å². The predicted octanol–water partition coefficient (Wildman–Crippen LogP) is 2.70. The highest BCUT2D eigenvalue weighted by molar-refractivity contribution is 5.37. The number of rotatable bonds is 5. The second kappa shape index (κ2) is 8.41. The average Bonchev–Trinajstić information content (AvgIpc) is 2.30. The van der Waals surface area contributed by atoms with Gasteiger partial charge in [-0.3, -0.25) is 10.1 Å². The van der Waals surface area contributed by atoms with E-state index in [1.807, 2.05) is 32.8 Å². The summed E-state index contributed by atoms with van der Waals surface area (Å²) >= 11 is 0. The zero-order valence-electron chi connectivity index (χ0n) is 11.1. The van der Waals surface area contributed by atoms with Crippen molar-refractivity contribution in [2.45, 2.75) is 13.8 Å². The Bertz CT molecular complexity index is 384. The number of nitro groups is 1. The van der Waals surface area contributed by atoms with Crippen molar-refractivity contribution in [2.24, 2.45) is 0 Å². The summed E-state index contributed by atoms with van der Waals surface area (Å²) in [7, 11) is 3.78. The summed E-state index contributed by atoms with van der Waals surface area (Å²) in [6, 6.07) is 3.50. The van der Waals surface area contributed by atoms with Gasteiger partial charge < -0.3 is 9.64 Å². The van der Waals surface area contributed by atoms with Crippen molar-refractivity contribution in [3.63, 3.8) is 0 Å². The van der Waals surface area contributed by atoms with Crippen LogP contribution in [0.4, 0.5) is 10.1 Å². The van der Waals surface area contributed by atoms with E-state index in [1.54, 1.807) is 0 Å². The van der Waals surface area contributed by atoms with Crippen molar-refractivity contribution in [1.82, 2.24) is 4.90 Å². The number of nitrogens with zero attached hydrogens (tertiary/aromatic N) is 2. The Morgan fingerprint density at radius 3 is 2.44 bits per heavy atom. The van der Waals surface area contributed by atoms with Gasteiger partial charge in [-0.2, -0.15) is 4.39 Å². The van der Waals surface area contributed by atoms with Gasteiger partial charge >= 0.3 is 5.69 Å². The van der Waals surface area contributed by atoms with Crippen LogP contribution in [0.2, 0.25) is 0 Å². The molecule has 0 atom stereocenters. The summed E-state index contributed by atoms with van der Waals surface area (Å²) < 4.78 is 18.4. The molecular formula is C12H19FN2O3. The molecule has 5 nitrogen and oxygen atoms in total. The topological polar surface area (TPSA) is 55.6 Å². The van der Waals surface area contributed by atoms with Crippen LogP contribution >= 0.6 is 0 Å². The van der Waals surface area contributed by atoms with Gasteiger partial charge in [0.05, 0.1) is 4.92 Å². The van der Waals surface area contributed by atoms with Gasteiger partial charge in [-0.15, -0.1) is 0 Å². The Morgan fingerprint density at radius 1 is 1.39 bits per heavy atom. The number of hydrogen-bond donors (Lipinski definition) is 0. The molecule has 6 heteroatoms. The number of ether oxygens (including phenoxy) is 1. The zero-order chi connectivity index (χ0) is 14.1. The van der Waals surface area contributed by atoms with Gasteiger partial charge in [0.1, 0.15) is 12.4 Å². The average molecular weight is 258 g/mol. The predicted molar refractivity (Wildman–Crippen MR) is 68.5 cm³/mol. The lowest BCUT2D eigenvalue weighted by molar-refractivity contribution is -0.387. The molecule has 0 heterocycles. The van der Waals surface area contributed by atoms with E-state index in [0.717, 1.165) is 12.1 Å². The highest BCUT2D eigenvalue weighted by Gasteiger charge is 2.13. The maximum absolute atomic E-state index is 13.2. The van der Waals surface area contributed by atoms with Gasteiger partial charge in [0.2, 0.25) is 5.82 Å². The molecule has 0 amide bonds. The van der Waals surface area contributed by atoms with Crippen molar-refractivity contribution in [3.8, 4) is 5.75 Å². The molecule has 0 saturated heterocycles. The molecule has 0 unspecified atom stereocenters. The molecular weight excluding hydrogens is 239 g/mol. The Balaban J connectivity index is 0.00000137. The lowest BCUT2D eigenvalue weighted by atomic mass is 10.3. The summed E-state index contributed by atoms with van der Waals surface area (Å²) in [6.45, 7) is 5.10. The van der Waals surface area contributed by atoms with Crippen LogP contribution in [0.1, 0.15) is 13.8 Å². The first kappa shape index (κ1) is 16.3. The van der Waals surface area contributed by atoms with Gasteiger partial charge in [0, 0.05) is 18.7 Å². The first-order chi connectivity index (χ1) is 8.50. The summed E-state index contributed by atoms with van der Waals surface area (Å²) in [5.74, 6) is -0.586. The van der Waals surface area contributed by atoms with Crippen LogP contribution in [-0.4, -0.2) is 37.1 Å². The molecule has 0 aromatic heterocycles. The molecule has 0 aliphatic rings. The molecule has 18 heavy (non-hydrogen) atoms. The highest BCUT2D eigenvalue weighted by atomic mass is 19.1. The minimum atomic E-state index is -0.882. The third kappa shape index (κ3) is 5.58. The lowest BCUT2D eigenvalue weighted by Crippen LogP contribution is -2.19. The smallest absolute Gasteiger partial charge is 0.305 e. The number of nitro benzene ring substituents is 1. The van der Waals surface area contributed by atoms with Crippen LogP contribution in [-0.2, 0) is 0 Å². The van der Waals surface area contributed by atoms with E-state index in [1.165, 1.54) is 6.07 Å². The molecule has 0 bridgehead atoms. The van der Waals surface area contributed by atoms with E-state index in [4.69, 9.17) is 4.74 Å². The van der Waals surface area contributed by atoms with E-state index in [-0.39, 0.29) is 0 Å². The molecule has 0 aliphatic carbocycles. The SMILES string of the molecule is CC.CN(C)CCOc1ccc([N+](=O)[O-])c(F)c1. The summed E-state index contributed by atoms with van der Waals surface area (Å²) in [5, 5.41) is 10.4. The lowest BCUT2D eigenvalue weighted by Gasteiger charge is -2.10. The zero-order valence-corrected chi connectivity index (χ0v) is 11.1. The molecule has 0 radical (unpaired) electrons. The van der Waals surface area contributed by atoms with E-state index >= 15 is 0 Å². The number of benzene rings is 1. The van der Waals surface area contributed by atoms with Crippen LogP contribution in [0, 0.1) is 15.9 Å². The summed E-state index contributed by atoms with van der Waals surface area (Å²) in [6.07, 6.45) is 0. The number of likely N-dealkylation sites (N-methyl/N-ethyl adjacent to an activating group) is 1. The molecule has 1 aromatic rings. The minimum Gasteiger partial charge on any atom is -0.492 e. The maximum Gasteiger partial charge on any atom is 0.305 e. The van der Waals surface area contributed by atoms with Crippen molar-refractivity contribution in [1.29, 1.82) is 0 Å². The Morgan fingerprint density at radius 2 is 2.00 bits per heavy atom. The summed E-state index contributed by atoms with van der Waals surface area (Å²) in [4.78, 5) is 11.5. The summed E-state index contributed by atoms with van der Waals surface area (Å²) in [5.41, 5.74) is -0.542. The highest BCUT2D eigenvalue weighted by Crippen LogP contribution is 2.22. The molecule has 0 saturated carbocycles. The van der Waals surface area contributed by atoms with Gasteiger partial charge in [-0.25, -0.2) is 0 Å². The van der Waals surface area contributed by atoms with E-state index < -0.39 is 16.4 Å². The van der Waals surface area contributed by atoms with Crippen molar-refractivity contribution >= 4 is 5.69 Å². The third-order valence-corrected chi connectivity index (χ3v) is 1.92. The van der Waals surface area contributed by atoms with Gasteiger partial charge in [0.15, 0.2) is 0 Å². The minimum absolute atomic E-state index is 0.296. The third-order valence-electron chi connectivity index (χ3n) is 1.92. The van der Waals surface area contributed by atoms with Crippen LogP contribution in [0.15, 0.2) is 18.2 Å². The molecule has 0 aliphatic heterocycles. The van der Waals surface area contributed by atoms with Gasteiger partial charge in [0.25, 0.3) is 0 Å². The second-order valence-electron chi connectivity index (χ2n) is 3.52. The molecule has 0 spiro atoms. The molecule has 102 valence electrons. The van der Waals surface area contributed by atoms with E-state index in [2.05, 4.69) is 0 Å². The largest absolute Gasteiger partial charge is 0.492 e. The van der Waals surface area contributed by atoms with Crippen molar-refractivity contribution in [2.75, 3.05) is 27.2 Å². The normalized spacial score (nSPS) is 9.67. The van der Waals surface area contributed by atoms with Crippen molar-refractivity contribution in [3.05, 3.63) is 34.1 Å². The molecule has 1 rings (SSSR count). The molecule has 0 N–H and O–H groups in total. The first-order valence-electron chi connectivity index (χ1n) is 5.72. The monoisotopic (exact) mass is 258 g/mol. The quantitative estimate of drug-likeness (QED) is 0.602. The molecule has 1 aromatic carbocycles. The van der Waals surface area contributed by atoms with Gasteiger partial charge in [-0.1, -0.05) is 13.8 Å². The first-order valence-corrected chi connectivity index (χ1v) is 5.72. The van der Waals surface area contributed by atoms with Crippen LogP contribution in [0.25, 0.3) is 0 Å². The Hall–Kier alpha value is -1.69. The number of hydrogen-bond acceptors (Lipinski definition) is 4. The molecule has 0 fully saturated rings. The fourth-order valence-electron chi connectivity index (χ4n) is 1.07. The van der Waals surface area contributed by atoms with Gasteiger partial charge in [-0.05, 0) is 20.2 Å². The fourth-order valence-corrected chi connectivity index (χ4v) is 1.07. The van der Waals surface area contributed by atoms with E-state index in [0.29, 0.717) is 18.9 Å². The maximum atomic E-state index is 13.2. The fraction of sp³-hybridized carbons (Fsp3) is 0.500. The van der Waals surface area contributed by atoms with Crippen LogP contribution in [0.3, 0.4) is 0 Å². The second-order valence-corrected chi connectivity index (χ2v) is 3.52. The van der Waals surface area contributed by atoms with Crippen LogP contribution in [0.5, 0.6) is 5.75 Å². The standard InChI is InChI=1S/C10H13FN2O3.C2H6/c1-12(2)5-6-16-8-3-4-10(13(14)15)9(11)7-8;1-2/h3-4,7H,5-6H2,1-2H3;1-2H3. The Kier molecular flexibility index (Phi) is 7.62. The van der Waals surface area contributed by atoms with E-state index in [9.17, 15) is 14.5 Å². The van der Waals surface area contributed by atoms with Crippen molar-refractivity contribution < 1.29 is 14.1 Å².